The highest BCUT2D eigenvalue weighted by Crippen LogP contribution is 2.24. The maximum absolute atomic E-state index is 12.9. The van der Waals surface area contributed by atoms with Gasteiger partial charge in [-0.1, -0.05) is 55.1 Å². The molecule has 0 atom stereocenters. The number of benzene rings is 2. The van der Waals surface area contributed by atoms with E-state index in [4.69, 9.17) is 17.0 Å². The third-order valence-electron chi connectivity index (χ3n) is 5.69. The van der Waals surface area contributed by atoms with Crippen molar-refractivity contribution in [3.63, 3.8) is 0 Å². The smallest absolute Gasteiger partial charge is 0.261 e. The van der Waals surface area contributed by atoms with E-state index in [9.17, 15) is 9.59 Å². The maximum Gasteiger partial charge on any atom is 0.261 e. The first-order valence-corrected chi connectivity index (χ1v) is 13.0. The van der Waals surface area contributed by atoms with E-state index in [1.165, 1.54) is 6.42 Å². The van der Waals surface area contributed by atoms with Crippen LogP contribution >= 0.6 is 28.1 Å². The molecule has 1 aliphatic rings. The molecule has 0 saturated heterocycles. The van der Waals surface area contributed by atoms with Gasteiger partial charge in [0, 0.05) is 21.8 Å². The van der Waals surface area contributed by atoms with Gasteiger partial charge in [-0.05, 0) is 73.8 Å². The number of hydrogen-bond acceptors (Lipinski definition) is 4. The zero-order chi connectivity index (χ0) is 24.5. The third-order valence-corrected chi connectivity index (χ3v) is 6.39. The number of thiocarbonyl (C=S) groups is 1. The highest BCUT2D eigenvalue weighted by Gasteiger charge is 2.18. The van der Waals surface area contributed by atoms with E-state index in [0.717, 1.165) is 36.6 Å². The monoisotopic (exact) mass is 545 g/mol. The van der Waals surface area contributed by atoms with Crippen LogP contribution in [0.25, 0.3) is 0 Å². The van der Waals surface area contributed by atoms with Crippen LogP contribution in [0.1, 0.15) is 73.1 Å². The van der Waals surface area contributed by atoms with Crippen molar-refractivity contribution in [3.05, 3.63) is 58.1 Å². The quantitative estimate of drug-likeness (QED) is 0.351. The van der Waals surface area contributed by atoms with Crippen molar-refractivity contribution < 1.29 is 14.3 Å². The molecule has 1 saturated carbocycles. The Bertz CT molecular complexity index is 1020. The summed E-state index contributed by atoms with van der Waals surface area (Å²) < 4.78 is 6.61. The molecule has 2 amide bonds. The summed E-state index contributed by atoms with van der Waals surface area (Å²) in [6.07, 6.45) is 6.49. The molecule has 3 N–H and O–H groups in total. The summed E-state index contributed by atoms with van der Waals surface area (Å²) in [5.74, 6) is 0.544. The van der Waals surface area contributed by atoms with Gasteiger partial charge >= 0.3 is 0 Å². The molecule has 0 spiro atoms. The molecule has 0 aromatic heterocycles. The second-order valence-corrected chi connectivity index (χ2v) is 10.3. The lowest BCUT2D eigenvalue weighted by atomic mass is 9.95. The molecule has 6 nitrogen and oxygen atoms in total. The van der Waals surface area contributed by atoms with Gasteiger partial charge in [0.15, 0.2) is 5.11 Å². The largest absolute Gasteiger partial charge is 0.493 e. The minimum absolute atomic E-state index is 0.0946. The molecule has 0 unspecified atom stereocenters. The normalized spacial score (nSPS) is 13.9. The Morgan fingerprint density at radius 3 is 2.59 bits per heavy atom. The van der Waals surface area contributed by atoms with Gasteiger partial charge in [-0.25, -0.2) is 0 Å². The number of rotatable bonds is 8. The van der Waals surface area contributed by atoms with Crippen LogP contribution in [-0.2, 0) is 0 Å². The molecule has 0 bridgehead atoms. The summed E-state index contributed by atoms with van der Waals surface area (Å²) >= 11 is 8.76. The van der Waals surface area contributed by atoms with Gasteiger partial charge in [-0.3, -0.25) is 14.9 Å². The second kappa shape index (κ2) is 12.9. The molecule has 1 fully saturated rings. The molecule has 1 aliphatic carbocycles. The van der Waals surface area contributed by atoms with Gasteiger partial charge in [0.05, 0.1) is 12.2 Å². The fourth-order valence-corrected chi connectivity index (χ4v) is 4.37. The van der Waals surface area contributed by atoms with Crippen molar-refractivity contribution in [3.8, 4) is 5.75 Å². The van der Waals surface area contributed by atoms with Crippen molar-refractivity contribution in [2.75, 3.05) is 11.9 Å². The van der Waals surface area contributed by atoms with Gasteiger partial charge in [0.2, 0.25) is 0 Å². The predicted molar refractivity (Wildman–Crippen MR) is 144 cm³/mol. The third kappa shape index (κ3) is 8.09. The number of amides is 2. The van der Waals surface area contributed by atoms with Crippen molar-refractivity contribution >= 4 is 50.8 Å². The Morgan fingerprint density at radius 1 is 1.09 bits per heavy atom. The van der Waals surface area contributed by atoms with E-state index in [1.807, 2.05) is 6.07 Å². The Hall–Kier alpha value is -2.45. The van der Waals surface area contributed by atoms with Crippen molar-refractivity contribution in [2.45, 2.75) is 58.4 Å². The molecule has 0 aliphatic heterocycles. The average Bonchev–Trinajstić information content (AvgIpc) is 2.80. The van der Waals surface area contributed by atoms with Crippen LogP contribution in [0.15, 0.2) is 46.9 Å². The number of carbonyl (C=O) groups excluding carboxylic acids is 2. The van der Waals surface area contributed by atoms with E-state index in [2.05, 4.69) is 45.7 Å². The standard InChI is InChI=1S/C26H32BrN3O3S/c1-17(2)13-14-33-23-12-11-19(27)16-22(23)25(32)30-26(34)29-21-10-6-7-18(15-21)24(31)28-20-8-4-3-5-9-20/h6-7,10-12,15-17,20H,3-5,8-9,13-14H2,1-2H3,(H,28,31)(H2,29,30,32,34). The van der Waals surface area contributed by atoms with E-state index in [-0.39, 0.29) is 23.0 Å². The van der Waals surface area contributed by atoms with Gasteiger partial charge in [-0.15, -0.1) is 0 Å². The summed E-state index contributed by atoms with van der Waals surface area (Å²) in [6, 6.07) is 12.6. The molecule has 34 heavy (non-hydrogen) atoms. The van der Waals surface area contributed by atoms with Crippen LogP contribution in [0.4, 0.5) is 5.69 Å². The lowest BCUT2D eigenvalue weighted by molar-refractivity contribution is 0.0926. The van der Waals surface area contributed by atoms with Gasteiger partial charge in [-0.2, -0.15) is 0 Å². The number of hydrogen-bond donors (Lipinski definition) is 3. The Kier molecular flexibility index (Phi) is 9.89. The first kappa shape index (κ1) is 26.2. The Labute approximate surface area is 215 Å². The highest BCUT2D eigenvalue weighted by atomic mass is 79.9. The summed E-state index contributed by atoms with van der Waals surface area (Å²) in [5, 5.41) is 8.97. The van der Waals surface area contributed by atoms with Crippen molar-refractivity contribution in [1.82, 2.24) is 10.6 Å². The van der Waals surface area contributed by atoms with Crippen molar-refractivity contribution in [2.24, 2.45) is 5.92 Å². The molecule has 182 valence electrons. The molecular weight excluding hydrogens is 514 g/mol. The fourth-order valence-electron chi connectivity index (χ4n) is 3.80. The lowest BCUT2D eigenvalue weighted by Crippen LogP contribution is -2.36. The van der Waals surface area contributed by atoms with Gasteiger partial charge in [0.1, 0.15) is 5.75 Å². The number of anilines is 1. The summed E-state index contributed by atoms with van der Waals surface area (Å²) in [7, 11) is 0. The highest BCUT2D eigenvalue weighted by molar-refractivity contribution is 9.10. The van der Waals surface area contributed by atoms with E-state index in [0.29, 0.717) is 35.1 Å². The molecule has 8 heteroatoms. The van der Waals surface area contributed by atoms with Gasteiger partial charge < -0.3 is 15.4 Å². The number of nitrogens with one attached hydrogen (secondary N) is 3. The minimum Gasteiger partial charge on any atom is -0.493 e. The minimum atomic E-state index is -0.371. The average molecular weight is 547 g/mol. The zero-order valence-electron chi connectivity index (χ0n) is 19.7. The van der Waals surface area contributed by atoms with E-state index >= 15 is 0 Å². The Morgan fingerprint density at radius 2 is 1.85 bits per heavy atom. The first-order valence-electron chi connectivity index (χ1n) is 11.8. The van der Waals surface area contributed by atoms with Crippen LogP contribution in [0, 0.1) is 5.92 Å². The van der Waals surface area contributed by atoms with Crippen LogP contribution in [0.3, 0.4) is 0 Å². The maximum atomic E-state index is 12.9. The molecule has 2 aromatic rings. The number of ether oxygens (including phenoxy) is 1. The summed E-state index contributed by atoms with van der Waals surface area (Å²) in [4.78, 5) is 25.6. The van der Waals surface area contributed by atoms with Crippen LogP contribution in [0.2, 0.25) is 0 Å². The molecule has 0 radical (unpaired) electrons. The summed E-state index contributed by atoms with van der Waals surface area (Å²) in [6.45, 7) is 4.77. The van der Waals surface area contributed by atoms with Crippen LogP contribution < -0.4 is 20.7 Å². The summed E-state index contributed by atoms with van der Waals surface area (Å²) in [5.41, 5.74) is 1.57. The topological polar surface area (TPSA) is 79.5 Å². The second-order valence-electron chi connectivity index (χ2n) is 8.97. The van der Waals surface area contributed by atoms with Crippen molar-refractivity contribution in [1.29, 1.82) is 0 Å². The first-order chi connectivity index (χ1) is 16.3. The molecule has 0 heterocycles. The number of halogens is 1. The lowest BCUT2D eigenvalue weighted by Gasteiger charge is -2.22. The van der Waals surface area contributed by atoms with Gasteiger partial charge in [0.25, 0.3) is 11.8 Å². The van der Waals surface area contributed by atoms with Crippen LogP contribution in [0.5, 0.6) is 5.75 Å². The molecule has 2 aromatic carbocycles. The molecular formula is C26H32BrN3O3S. The van der Waals surface area contributed by atoms with E-state index in [1.54, 1.807) is 36.4 Å². The SMILES string of the molecule is CC(C)CCOc1ccc(Br)cc1C(=O)NC(=S)Nc1cccc(C(=O)NC2CCCCC2)c1. The van der Waals surface area contributed by atoms with E-state index < -0.39 is 0 Å². The number of carbonyl (C=O) groups is 2. The Balaban J connectivity index is 1.60. The predicted octanol–water partition coefficient (Wildman–Crippen LogP) is 6.06. The fraction of sp³-hybridized carbons (Fsp3) is 0.423. The zero-order valence-corrected chi connectivity index (χ0v) is 22.1. The van der Waals surface area contributed by atoms with Crippen LogP contribution in [-0.4, -0.2) is 29.6 Å². The molecule has 3 rings (SSSR count).